The van der Waals surface area contributed by atoms with Crippen LogP contribution in [0.1, 0.15) is 22.8 Å². The maximum atomic E-state index is 11.9. The topological polar surface area (TPSA) is 44.8 Å². The first-order chi connectivity index (χ1) is 11.2. The van der Waals surface area contributed by atoms with Gasteiger partial charge in [0.05, 0.1) is 12.2 Å². The van der Waals surface area contributed by atoms with Crippen molar-refractivity contribution in [1.29, 1.82) is 0 Å². The molecule has 0 aliphatic rings. The second-order valence-corrected chi connectivity index (χ2v) is 4.79. The Bertz CT molecular complexity index is 650. The van der Waals surface area contributed by atoms with E-state index in [9.17, 15) is 4.79 Å². The Morgan fingerprint density at radius 2 is 1.78 bits per heavy atom. The third kappa shape index (κ3) is 5.18. The predicted octanol–water partition coefficient (Wildman–Crippen LogP) is 4.01. The average molecular weight is 312 g/mol. The Balaban J connectivity index is 2.17. The van der Waals surface area contributed by atoms with Crippen LogP contribution >= 0.6 is 0 Å². The van der Waals surface area contributed by atoms with Crippen LogP contribution in [0.2, 0.25) is 0 Å². The van der Waals surface area contributed by atoms with Gasteiger partial charge in [-0.15, -0.1) is 0 Å². The molecule has 0 heterocycles. The van der Waals surface area contributed by atoms with Crippen molar-refractivity contribution in [2.24, 2.45) is 0 Å². The van der Waals surface area contributed by atoms with Crippen molar-refractivity contribution in [2.45, 2.75) is 13.5 Å². The first-order valence-electron chi connectivity index (χ1n) is 7.45. The molecule has 0 unspecified atom stereocenters. The maximum absolute atomic E-state index is 11.9. The molecular weight excluding hydrogens is 292 g/mol. The zero-order valence-corrected chi connectivity index (χ0v) is 13.2. The largest absolute Gasteiger partial charge is 0.489 e. The van der Waals surface area contributed by atoms with Gasteiger partial charge in [-0.1, -0.05) is 43.0 Å². The Hall–Kier alpha value is -2.75. The van der Waals surface area contributed by atoms with E-state index in [4.69, 9.17) is 14.2 Å². The number of hydrogen-bond donors (Lipinski definition) is 0. The van der Waals surface area contributed by atoms with E-state index in [1.165, 1.54) is 0 Å². The van der Waals surface area contributed by atoms with Gasteiger partial charge in [0.25, 0.3) is 0 Å². The molecule has 0 spiro atoms. The number of esters is 1. The van der Waals surface area contributed by atoms with E-state index in [-0.39, 0.29) is 0 Å². The van der Waals surface area contributed by atoms with Gasteiger partial charge in [-0.25, -0.2) is 4.79 Å². The summed E-state index contributed by atoms with van der Waals surface area (Å²) in [5.41, 5.74) is 1.44. The molecule has 4 nitrogen and oxygen atoms in total. The fourth-order valence-corrected chi connectivity index (χ4v) is 1.97. The minimum absolute atomic E-state index is 0.316. The van der Waals surface area contributed by atoms with Gasteiger partial charge in [0.2, 0.25) is 0 Å². The highest BCUT2D eigenvalue weighted by molar-refractivity contribution is 5.90. The Kier molecular flexibility index (Phi) is 6.24. The third-order valence-electron chi connectivity index (χ3n) is 3.01. The lowest BCUT2D eigenvalue weighted by molar-refractivity contribution is 0.0525. The second kappa shape index (κ2) is 8.63. The highest BCUT2D eigenvalue weighted by Gasteiger charge is 2.11. The van der Waals surface area contributed by atoms with Crippen LogP contribution in [0.25, 0.3) is 0 Å². The maximum Gasteiger partial charge on any atom is 0.338 e. The minimum Gasteiger partial charge on any atom is -0.489 e. The van der Waals surface area contributed by atoms with Crippen molar-refractivity contribution in [2.75, 3.05) is 13.2 Å². The summed E-state index contributed by atoms with van der Waals surface area (Å²) < 4.78 is 16.3. The Labute approximate surface area is 136 Å². The van der Waals surface area contributed by atoms with Crippen LogP contribution in [0, 0.1) is 0 Å². The van der Waals surface area contributed by atoms with Gasteiger partial charge in [-0.2, -0.15) is 0 Å². The van der Waals surface area contributed by atoms with Crippen molar-refractivity contribution < 1.29 is 19.0 Å². The van der Waals surface area contributed by atoms with Crippen LogP contribution in [-0.4, -0.2) is 19.2 Å². The molecule has 0 aliphatic carbocycles. The summed E-state index contributed by atoms with van der Waals surface area (Å²) in [7, 11) is 0. The van der Waals surface area contributed by atoms with Crippen LogP contribution in [-0.2, 0) is 11.3 Å². The molecular formula is C19H20O4. The van der Waals surface area contributed by atoms with E-state index in [1.807, 2.05) is 30.3 Å². The van der Waals surface area contributed by atoms with Crippen molar-refractivity contribution >= 4 is 5.97 Å². The van der Waals surface area contributed by atoms with E-state index in [2.05, 4.69) is 6.58 Å². The first kappa shape index (κ1) is 16.6. The smallest absolute Gasteiger partial charge is 0.338 e. The van der Waals surface area contributed by atoms with Crippen molar-refractivity contribution in [3.05, 3.63) is 72.3 Å². The Morgan fingerprint density at radius 1 is 1.09 bits per heavy atom. The molecule has 0 aromatic heterocycles. The van der Waals surface area contributed by atoms with Gasteiger partial charge in [0.1, 0.15) is 24.7 Å². The molecule has 2 rings (SSSR count). The quantitative estimate of drug-likeness (QED) is 0.546. The first-order valence-corrected chi connectivity index (χ1v) is 7.45. The summed E-state index contributed by atoms with van der Waals surface area (Å²) in [6.07, 6.45) is 1.64. The van der Waals surface area contributed by atoms with Gasteiger partial charge in [-0.05, 0) is 24.6 Å². The fourth-order valence-electron chi connectivity index (χ4n) is 1.97. The number of carbonyl (C=O) groups excluding carboxylic acids is 1. The van der Waals surface area contributed by atoms with Gasteiger partial charge in [-0.3, -0.25) is 0 Å². The van der Waals surface area contributed by atoms with E-state index in [0.717, 1.165) is 5.56 Å². The van der Waals surface area contributed by atoms with E-state index >= 15 is 0 Å². The molecule has 0 saturated carbocycles. The molecule has 120 valence electrons. The predicted molar refractivity (Wildman–Crippen MR) is 88.9 cm³/mol. The molecule has 0 N–H and O–H groups in total. The molecule has 2 aromatic rings. The standard InChI is InChI=1S/C19H20O4/c1-3-10-22-17-11-16(19(20)21-4-2)12-18(13-17)23-14-15-8-6-5-7-9-15/h3,5-9,11-13H,1,4,10,14H2,2H3. The van der Waals surface area contributed by atoms with E-state index < -0.39 is 5.97 Å². The second-order valence-electron chi connectivity index (χ2n) is 4.79. The van der Waals surface area contributed by atoms with E-state index in [0.29, 0.717) is 36.9 Å². The van der Waals surface area contributed by atoms with Gasteiger partial charge in [0, 0.05) is 6.07 Å². The van der Waals surface area contributed by atoms with Gasteiger partial charge >= 0.3 is 5.97 Å². The van der Waals surface area contributed by atoms with Gasteiger partial charge < -0.3 is 14.2 Å². The third-order valence-corrected chi connectivity index (χ3v) is 3.01. The SMILES string of the molecule is C=CCOc1cc(OCc2ccccc2)cc(C(=O)OCC)c1. The van der Waals surface area contributed by atoms with Crippen LogP contribution < -0.4 is 9.47 Å². The summed E-state index contributed by atoms with van der Waals surface area (Å²) in [4.78, 5) is 11.9. The van der Waals surface area contributed by atoms with Crippen LogP contribution in [0.4, 0.5) is 0 Å². The number of benzene rings is 2. The molecule has 0 saturated heterocycles. The summed E-state index contributed by atoms with van der Waals surface area (Å²) in [6.45, 7) is 6.46. The van der Waals surface area contributed by atoms with Crippen molar-refractivity contribution in [3.8, 4) is 11.5 Å². The molecule has 0 amide bonds. The molecule has 0 fully saturated rings. The summed E-state index contributed by atoms with van der Waals surface area (Å²) in [5.74, 6) is 0.693. The highest BCUT2D eigenvalue weighted by Crippen LogP contribution is 2.24. The number of rotatable bonds is 8. The fraction of sp³-hybridized carbons (Fsp3) is 0.211. The van der Waals surface area contributed by atoms with E-state index in [1.54, 1.807) is 31.2 Å². The zero-order valence-electron chi connectivity index (χ0n) is 13.2. The van der Waals surface area contributed by atoms with Crippen LogP contribution in [0.3, 0.4) is 0 Å². The number of carbonyl (C=O) groups is 1. The molecule has 0 radical (unpaired) electrons. The van der Waals surface area contributed by atoms with Crippen LogP contribution in [0.15, 0.2) is 61.2 Å². The molecule has 2 aromatic carbocycles. The summed E-state index contributed by atoms with van der Waals surface area (Å²) in [6, 6.07) is 14.8. The average Bonchev–Trinajstić information content (AvgIpc) is 2.59. The lowest BCUT2D eigenvalue weighted by Gasteiger charge is -2.11. The molecule has 0 aliphatic heterocycles. The number of hydrogen-bond acceptors (Lipinski definition) is 4. The van der Waals surface area contributed by atoms with Gasteiger partial charge in [0.15, 0.2) is 0 Å². The molecule has 4 heteroatoms. The molecule has 0 atom stereocenters. The lowest BCUT2D eigenvalue weighted by atomic mass is 10.2. The number of ether oxygens (including phenoxy) is 3. The van der Waals surface area contributed by atoms with Crippen LogP contribution in [0.5, 0.6) is 11.5 Å². The summed E-state index contributed by atoms with van der Waals surface area (Å²) >= 11 is 0. The molecule has 0 bridgehead atoms. The summed E-state index contributed by atoms with van der Waals surface area (Å²) in [5, 5.41) is 0. The molecule has 23 heavy (non-hydrogen) atoms. The van der Waals surface area contributed by atoms with Crippen molar-refractivity contribution in [1.82, 2.24) is 0 Å². The normalized spacial score (nSPS) is 9.96. The highest BCUT2D eigenvalue weighted by atomic mass is 16.5. The zero-order chi connectivity index (χ0) is 16.5. The Morgan fingerprint density at radius 3 is 2.43 bits per heavy atom. The minimum atomic E-state index is -0.402. The lowest BCUT2D eigenvalue weighted by Crippen LogP contribution is -2.06. The monoisotopic (exact) mass is 312 g/mol. The van der Waals surface area contributed by atoms with Crippen molar-refractivity contribution in [3.63, 3.8) is 0 Å².